The summed E-state index contributed by atoms with van der Waals surface area (Å²) in [6.45, 7) is 7.42. The van der Waals surface area contributed by atoms with Crippen LogP contribution in [-0.2, 0) is 9.59 Å². The highest BCUT2D eigenvalue weighted by Gasteiger charge is 2.37. The van der Waals surface area contributed by atoms with E-state index in [2.05, 4.69) is 5.32 Å². The molecule has 1 aliphatic rings. The number of nitrogens with zero attached hydrogens (tertiary/aromatic N) is 1. The number of methoxy groups -OCH3 is 1. The Morgan fingerprint density at radius 3 is 2.42 bits per heavy atom. The standard InChI is InChI=1S/C23H23ClN2O5/c1-12(2)31-20-17(24)10-15(11-19(20)30-5)9-16-21(27)25-23(29)26(22(16)28)18-7-6-13(3)8-14(18)4/h6-12H,1-5H3,(H,25,27,29)/b16-9+. The third-order valence-electron chi connectivity index (χ3n) is 4.61. The van der Waals surface area contributed by atoms with Crippen LogP contribution in [0, 0.1) is 13.8 Å². The van der Waals surface area contributed by atoms with Gasteiger partial charge >= 0.3 is 6.03 Å². The average Bonchev–Trinajstić information content (AvgIpc) is 2.68. The zero-order valence-electron chi connectivity index (χ0n) is 17.9. The number of barbiturate groups is 1. The molecule has 0 spiro atoms. The molecule has 1 heterocycles. The number of nitrogens with one attached hydrogen (secondary N) is 1. The van der Waals surface area contributed by atoms with Gasteiger partial charge in [0.1, 0.15) is 5.57 Å². The number of imide groups is 2. The SMILES string of the molecule is COc1cc(/C=C2\C(=O)NC(=O)N(c3ccc(C)cc3C)C2=O)cc(Cl)c1OC(C)C. The first-order valence-electron chi connectivity index (χ1n) is 9.65. The fourth-order valence-electron chi connectivity index (χ4n) is 3.27. The zero-order chi connectivity index (χ0) is 22.9. The van der Waals surface area contributed by atoms with Crippen LogP contribution in [0.5, 0.6) is 11.5 Å². The Bertz CT molecular complexity index is 1110. The summed E-state index contributed by atoms with van der Waals surface area (Å²) >= 11 is 6.35. The summed E-state index contributed by atoms with van der Waals surface area (Å²) < 4.78 is 11.0. The summed E-state index contributed by atoms with van der Waals surface area (Å²) in [6.07, 6.45) is 1.24. The van der Waals surface area contributed by atoms with Crippen molar-refractivity contribution in [1.82, 2.24) is 5.32 Å². The van der Waals surface area contributed by atoms with E-state index in [-0.39, 0.29) is 16.7 Å². The summed E-state index contributed by atoms with van der Waals surface area (Å²) in [5.74, 6) is -0.779. The minimum absolute atomic E-state index is 0.126. The van der Waals surface area contributed by atoms with Crippen LogP contribution in [0.2, 0.25) is 5.02 Å². The highest BCUT2D eigenvalue weighted by molar-refractivity contribution is 6.39. The molecule has 3 rings (SSSR count). The number of halogens is 1. The van der Waals surface area contributed by atoms with E-state index >= 15 is 0 Å². The molecule has 1 aliphatic heterocycles. The molecule has 1 fully saturated rings. The maximum Gasteiger partial charge on any atom is 0.335 e. The lowest BCUT2D eigenvalue weighted by molar-refractivity contribution is -0.122. The molecular formula is C23H23ClN2O5. The number of ether oxygens (including phenoxy) is 2. The molecule has 2 aromatic carbocycles. The number of urea groups is 1. The number of hydrogen-bond donors (Lipinski definition) is 1. The van der Waals surface area contributed by atoms with Gasteiger partial charge in [-0.05, 0) is 63.1 Å². The Labute approximate surface area is 185 Å². The summed E-state index contributed by atoms with van der Waals surface area (Å²) in [5, 5.41) is 2.49. The quantitative estimate of drug-likeness (QED) is 0.547. The molecule has 1 saturated heterocycles. The van der Waals surface area contributed by atoms with E-state index in [4.69, 9.17) is 21.1 Å². The van der Waals surface area contributed by atoms with Crippen LogP contribution in [0.15, 0.2) is 35.9 Å². The largest absolute Gasteiger partial charge is 0.493 e. The second-order valence-corrected chi connectivity index (χ2v) is 7.86. The van der Waals surface area contributed by atoms with Crippen LogP contribution in [0.3, 0.4) is 0 Å². The first-order valence-corrected chi connectivity index (χ1v) is 10.0. The highest BCUT2D eigenvalue weighted by Crippen LogP contribution is 2.38. The number of hydrogen-bond acceptors (Lipinski definition) is 5. The Balaban J connectivity index is 2.05. The van der Waals surface area contributed by atoms with Crippen molar-refractivity contribution in [3.8, 4) is 11.5 Å². The van der Waals surface area contributed by atoms with E-state index < -0.39 is 17.8 Å². The van der Waals surface area contributed by atoms with E-state index in [9.17, 15) is 14.4 Å². The number of carbonyl (C=O) groups excluding carboxylic acids is 3. The number of benzene rings is 2. The molecule has 7 nitrogen and oxygen atoms in total. The topological polar surface area (TPSA) is 84.9 Å². The van der Waals surface area contributed by atoms with Crippen LogP contribution < -0.4 is 19.7 Å². The van der Waals surface area contributed by atoms with Crippen molar-refractivity contribution in [2.75, 3.05) is 12.0 Å². The van der Waals surface area contributed by atoms with Crippen LogP contribution in [0.4, 0.5) is 10.5 Å². The predicted molar refractivity (Wildman–Crippen MR) is 119 cm³/mol. The van der Waals surface area contributed by atoms with Crippen molar-refractivity contribution in [2.45, 2.75) is 33.8 Å². The average molecular weight is 443 g/mol. The third-order valence-corrected chi connectivity index (χ3v) is 4.89. The maximum atomic E-state index is 13.1. The third kappa shape index (κ3) is 4.56. The molecule has 0 radical (unpaired) electrons. The van der Waals surface area contributed by atoms with E-state index in [0.29, 0.717) is 22.7 Å². The van der Waals surface area contributed by atoms with Gasteiger partial charge in [0.25, 0.3) is 11.8 Å². The van der Waals surface area contributed by atoms with Crippen LogP contribution >= 0.6 is 11.6 Å². The lowest BCUT2D eigenvalue weighted by Crippen LogP contribution is -2.54. The van der Waals surface area contributed by atoms with Crippen LogP contribution in [0.1, 0.15) is 30.5 Å². The Kier molecular flexibility index (Phi) is 6.36. The molecule has 1 N–H and O–H groups in total. The molecule has 0 saturated carbocycles. The van der Waals surface area contributed by atoms with E-state index in [1.54, 1.807) is 31.2 Å². The number of amides is 4. The molecule has 0 aliphatic carbocycles. The van der Waals surface area contributed by atoms with Crippen molar-refractivity contribution in [1.29, 1.82) is 0 Å². The van der Waals surface area contributed by atoms with E-state index in [1.807, 2.05) is 26.8 Å². The van der Waals surface area contributed by atoms with Gasteiger partial charge in [-0.15, -0.1) is 0 Å². The number of aryl methyl sites for hydroxylation is 2. The smallest absolute Gasteiger partial charge is 0.335 e. The minimum atomic E-state index is -0.796. The molecule has 0 bridgehead atoms. The molecule has 162 valence electrons. The molecule has 0 aromatic heterocycles. The molecule has 2 aromatic rings. The molecule has 0 unspecified atom stereocenters. The lowest BCUT2D eigenvalue weighted by atomic mass is 10.0. The number of rotatable bonds is 5. The van der Waals surface area contributed by atoms with Crippen molar-refractivity contribution < 1.29 is 23.9 Å². The Morgan fingerprint density at radius 2 is 1.81 bits per heavy atom. The van der Waals surface area contributed by atoms with Gasteiger partial charge in [-0.25, -0.2) is 9.69 Å². The van der Waals surface area contributed by atoms with Crippen molar-refractivity contribution in [3.63, 3.8) is 0 Å². The number of carbonyl (C=O) groups is 3. The summed E-state index contributed by atoms with van der Waals surface area (Å²) in [4.78, 5) is 39.0. The fraction of sp³-hybridized carbons (Fsp3) is 0.261. The molecule has 31 heavy (non-hydrogen) atoms. The van der Waals surface area contributed by atoms with E-state index in [1.165, 1.54) is 13.2 Å². The van der Waals surface area contributed by atoms with Crippen molar-refractivity contribution in [2.24, 2.45) is 0 Å². The van der Waals surface area contributed by atoms with Crippen molar-refractivity contribution in [3.05, 3.63) is 57.6 Å². The molecular weight excluding hydrogens is 420 g/mol. The number of anilines is 1. The highest BCUT2D eigenvalue weighted by atomic mass is 35.5. The predicted octanol–water partition coefficient (Wildman–Crippen LogP) is 4.42. The van der Waals surface area contributed by atoms with Crippen LogP contribution in [-0.4, -0.2) is 31.1 Å². The molecule has 8 heteroatoms. The zero-order valence-corrected chi connectivity index (χ0v) is 18.7. The van der Waals surface area contributed by atoms with Gasteiger partial charge in [-0.3, -0.25) is 14.9 Å². The summed E-state index contributed by atoms with van der Waals surface area (Å²) in [5.41, 5.74) is 2.38. The van der Waals surface area contributed by atoms with Crippen LogP contribution in [0.25, 0.3) is 6.08 Å². The van der Waals surface area contributed by atoms with Gasteiger partial charge in [0.2, 0.25) is 0 Å². The lowest BCUT2D eigenvalue weighted by Gasteiger charge is -2.27. The van der Waals surface area contributed by atoms with Gasteiger partial charge < -0.3 is 9.47 Å². The summed E-state index contributed by atoms with van der Waals surface area (Å²) in [6, 6.07) is 7.69. The molecule has 4 amide bonds. The van der Waals surface area contributed by atoms with E-state index in [0.717, 1.165) is 16.0 Å². The second-order valence-electron chi connectivity index (χ2n) is 7.45. The second kappa shape index (κ2) is 8.81. The first kappa shape index (κ1) is 22.4. The molecule has 0 atom stereocenters. The normalized spacial score (nSPS) is 15.5. The Hall–Kier alpha value is -3.32. The van der Waals surface area contributed by atoms with Gasteiger partial charge in [0.05, 0.1) is 23.9 Å². The van der Waals surface area contributed by atoms with Gasteiger partial charge in [-0.1, -0.05) is 29.3 Å². The van der Waals surface area contributed by atoms with Gasteiger partial charge in [0.15, 0.2) is 11.5 Å². The van der Waals surface area contributed by atoms with Gasteiger partial charge in [0, 0.05) is 0 Å². The Morgan fingerprint density at radius 1 is 1.10 bits per heavy atom. The van der Waals surface area contributed by atoms with Crippen molar-refractivity contribution >= 4 is 41.2 Å². The van der Waals surface area contributed by atoms with Gasteiger partial charge in [-0.2, -0.15) is 0 Å². The maximum absolute atomic E-state index is 13.1. The fourth-order valence-corrected chi connectivity index (χ4v) is 3.54. The first-order chi connectivity index (χ1) is 14.6. The summed E-state index contributed by atoms with van der Waals surface area (Å²) in [7, 11) is 1.47. The minimum Gasteiger partial charge on any atom is -0.493 e. The monoisotopic (exact) mass is 442 g/mol.